The number of carbonyl (C=O) groups is 2. The molecule has 1 unspecified atom stereocenters. The van der Waals surface area contributed by atoms with E-state index in [0.29, 0.717) is 17.7 Å². The normalized spacial score (nSPS) is 11.6. The average Bonchev–Trinajstić information content (AvgIpc) is 2.61. The van der Waals surface area contributed by atoms with E-state index in [1.807, 2.05) is 49.6 Å². The lowest BCUT2D eigenvalue weighted by Gasteiger charge is -2.18. The van der Waals surface area contributed by atoms with Crippen LogP contribution in [0.25, 0.3) is 0 Å². The number of anilines is 1. The van der Waals surface area contributed by atoms with Gasteiger partial charge in [-0.05, 0) is 61.8 Å². The van der Waals surface area contributed by atoms with Crippen molar-refractivity contribution >= 4 is 45.2 Å². The minimum Gasteiger partial charge on any atom is -0.340 e. The Hall–Kier alpha value is -1.79. The zero-order valence-electron chi connectivity index (χ0n) is 14.2. The molecule has 0 aromatic heterocycles. The lowest BCUT2D eigenvalue weighted by molar-refractivity contribution is -0.118. The molecule has 0 saturated heterocycles. The van der Waals surface area contributed by atoms with Gasteiger partial charge in [0, 0.05) is 15.7 Å². The summed E-state index contributed by atoms with van der Waals surface area (Å²) in [5, 5.41) is 5.71. The highest BCUT2D eigenvalue weighted by Gasteiger charge is 2.21. The van der Waals surface area contributed by atoms with E-state index < -0.39 is 6.04 Å². The summed E-state index contributed by atoms with van der Waals surface area (Å²) in [4.78, 5) is 25.0. The summed E-state index contributed by atoms with van der Waals surface area (Å²) >= 11 is 5.01. The molecule has 132 valence electrons. The molecule has 1 atom stereocenters. The van der Waals surface area contributed by atoms with Gasteiger partial charge >= 0.3 is 0 Å². The Bertz CT molecular complexity index is 717. The highest BCUT2D eigenvalue weighted by Crippen LogP contribution is 2.15. The molecule has 2 aromatic rings. The van der Waals surface area contributed by atoms with Crippen LogP contribution in [0.4, 0.5) is 5.69 Å². The van der Waals surface area contributed by atoms with Gasteiger partial charge in [0.25, 0.3) is 5.91 Å². The van der Waals surface area contributed by atoms with Crippen LogP contribution in [0.2, 0.25) is 0 Å². The standard InChI is InChI=1S/C19H21BrN2O2S/c1-13-3-5-14(6-4-13)18(23)22-17(11-12-25-2)19(24)21-16-9-7-15(20)8-10-16/h3-10,17H,11-12H2,1-2H3,(H,21,24)(H,22,23). The van der Waals surface area contributed by atoms with Crippen LogP contribution in [-0.4, -0.2) is 29.9 Å². The molecule has 2 amide bonds. The van der Waals surface area contributed by atoms with Gasteiger partial charge in [0.2, 0.25) is 5.91 Å². The van der Waals surface area contributed by atoms with Gasteiger partial charge in [-0.25, -0.2) is 0 Å². The maximum atomic E-state index is 12.6. The molecule has 0 aliphatic rings. The van der Waals surface area contributed by atoms with Gasteiger partial charge in [-0.2, -0.15) is 11.8 Å². The summed E-state index contributed by atoms with van der Waals surface area (Å²) in [6, 6.07) is 14.1. The Morgan fingerprint density at radius 1 is 1.08 bits per heavy atom. The van der Waals surface area contributed by atoms with E-state index in [-0.39, 0.29) is 11.8 Å². The van der Waals surface area contributed by atoms with E-state index in [0.717, 1.165) is 15.8 Å². The third-order valence-corrected chi connectivity index (χ3v) is 4.83. The molecule has 0 fully saturated rings. The monoisotopic (exact) mass is 420 g/mol. The molecule has 2 rings (SSSR count). The molecule has 0 heterocycles. The number of carbonyl (C=O) groups excluding carboxylic acids is 2. The number of amides is 2. The van der Waals surface area contributed by atoms with Crippen LogP contribution >= 0.6 is 27.7 Å². The largest absolute Gasteiger partial charge is 0.340 e. The lowest BCUT2D eigenvalue weighted by Crippen LogP contribution is -2.44. The predicted molar refractivity (Wildman–Crippen MR) is 108 cm³/mol. The van der Waals surface area contributed by atoms with Crippen molar-refractivity contribution in [3.63, 3.8) is 0 Å². The van der Waals surface area contributed by atoms with Gasteiger partial charge in [0.1, 0.15) is 6.04 Å². The van der Waals surface area contributed by atoms with Crippen molar-refractivity contribution in [3.8, 4) is 0 Å². The third kappa shape index (κ3) is 6.21. The summed E-state index contributed by atoms with van der Waals surface area (Å²) in [5.41, 5.74) is 2.34. The smallest absolute Gasteiger partial charge is 0.251 e. The second-order valence-electron chi connectivity index (χ2n) is 5.67. The third-order valence-electron chi connectivity index (χ3n) is 3.66. The number of hydrogen-bond acceptors (Lipinski definition) is 3. The first-order valence-corrected chi connectivity index (χ1v) is 10.1. The highest BCUT2D eigenvalue weighted by atomic mass is 79.9. The Kier molecular flexibility index (Phi) is 7.52. The van der Waals surface area contributed by atoms with Crippen molar-refractivity contribution in [2.75, 3.05) is 17.3 Å². The fraction of sp³-hybridized carbons (Fsp3) is 0.263. The van der Waals surface area contributed by atoms with Crippen molar-refractivity contribution in [1.29, 1.82) is 0 Å². The topological polar surface area (TPSA) is 58.2 Å². The summed E-state index contributed by atoms with van der Waals surface area (Å²) in [6.07, 6.45) is 2.55. The summed E-state index contributed by atoms with van der Waals surface area (Å²) in [7, 11) is 0. The number of rotatable bonds is 7. The molecule has 2 aromatic carbocycles. The Morgan fingerprint density at radius 3 is 2.32 bits per heavy atom. The van der Waals surface area contributed by atoms with E-state index in [1.165, 1.54) is 0 Å². The van der Waals surface area contributed by atoms with E-state index in [4.69, 9.17) is 0 Å². The predicted octanol–water partition coefficient (Wildman–Crippen LogP) is 4.25. The maximum absolute atomic E-state index is 12.6. The van der Waals surface area contributed by atoms with Crippen molar-refractivity contribution in [1.82, 2.24) is 5.32 Å². The Balaban J connectivity index is 2.06. The molecular formula is C19H21BrN2O2S. The molecule has 0 aliphatic carbocycles. The minimum atomic E-state index is -0.579. The summed E-state index contributed by atoms with van der Waals surface area (Å²) in [6.45, 7) is 1.97. The first-order chi connectivity index (χ1) is 12.0. The second-order valence-corrected chi connectivity index (χ2v) is 7.57. The van der Waals surface area contributed by atoms with Crippen LogP contribution in [0.15, 0.2) is 53.0 Å². The quantitative estimate of drug-likeness (QED) is 0.703. The molecular weight excluding hydrogens is 400 g/mol. The van der Waals surface area contributed by atoms with Crippen molar-refractivity contribution < 1.29 is 9.59 Å². The Labute approximate surface area is 160 Å². The van der Waals surface area contributed by atoms with E-state index in [1.54, 1.807) is 23.9 Å². The van der Waals surface area contributed by atoms with Crippen LogP contribution in [0.3, 0.4) is 0 Å². The van der Waals surface area contributed by atoms with Gasteiger partial charge < -0.3 is 10.6 Å². The number of benzene rings is 2. The molecule has 0 saturated carbocycles. The number of nitrogens with one attached hydrogen (secondary N) is 2. The second kappa shape index (κ2) is 9.63. The fourth-order valence-electron chi connectivity index (χ4n) is 2.21. The minimum absolute atomic E-state index is 0.211. The summed E-state index contributed by atoms with van der Waals surface area (Å²) < 4.78 is 0.942. The van der Waals surface area contributed by atoms with Crippen molar-refractivity contribution in [2.24, 2.45) is 0 Å². The van der Waals surface area contributed by atoms with Crippen molar-refractivity contribution in [3.05, 3.63) is 64.1 Å². The van der Waals surface area contributed by atoms with E-state index in [2.05, 4.69) is 26.6 Å². The maximum Gasteiger partial charge on any atom is 0.251 e. The van der Waals surface area contributed by atoms with E-state index >= 15 is 0 Å². The van der Waals surface area contributed by atoms with Crippen LogP contribution < -0.4 is 10.6 Å². The van der Waals surface area contributed by atoms with Gasteiger partial charge in [0.05, 0.1) is 0 Å². The van der Waals surface area contributed by atoms with Crippen LogP contribution in [0, 0.1) is 6.92 Å². The lowest BCUT2D eigenvalue weighted by atomic mass is 10.1. The van der Waals surface area contributed by atoms with Gasteiger partial charge in [-0.1, -0.05) is 33.6 Å². The van der Waals surface area contributed by atoms with Crippen LogP contribution in [0.1, 0.15) is 22.3 Å². The van der Waals surface area contributed by atoms with Crippen molar-refractivity contribution in [2.45, 2.75) is 19.4 Å². The fourth-order valence-corrected chi connectivity index (χ4v) is 2.95. The Morgan fingerprint density at radius 2 is 1.72 bits per heavy atom. The van der Waals surface area contributed by atoms with Gasteiger partial charge in [-0.3, -0.25) is 9.59 Å². The van der Waals surface area contributed by atoms with E-state index in [9.17, 15) is 9.59 Å². The first-order valence-electron chi connectivity index (χ1n) is 7.92. The van der Waals surface area contributed by atoms with Gasteiger partial charge in [0.15, 0.2) is 0 Å². The number of hydrogen-bond donors (Lipinski definition) is 2. The molecule has 2 N–H and O–H groups in total. The first kappa shape index (κ1) is 19.5. The zero-order chi connectivity index (χ0) is 18.2. The average molecular weight is 421 g/mol. The molecule has 0 aliphatic heterocycles. The number of aryl methyl sites for hydroxylation is 1. The number of thioether (sulfide) groups is 1. The molecule has 6 heteroatoms. The van der Waals surface area contributed by atoms with Gasteiger partial charge in [-0.15, -0.1) is 0 Å². The number of halogens is 1. The SMILES string of the molecule is CSCCC(NC(=O)c1ccc(C)cc1)C(=O)Nc1ccc(Br)cc1. The summed E-state index contributed by atoms with van der Waals surface area (Å²) in [5.74, 6) is 0.334. The molecule has 0 spiro atoms. The molecule has 25 heavy (non-hydrogen) atoms. The molecule has 4 nitrogen and oxygen atoms in total. The molecule has 0 bridgehead atoms. The zero-order valence-corrected chi connectivity index (χ0v) is 16.6. The van der Waals surface area contributed by atoms with Crippen LogP contribution in [0.5, 0.6) is 0 Å². The molecule has 0 radical (unpaired) electrons. The highest BCUT2D eigenvalue weighted by molar-refractivity contribution is 9.10. The van der Waals surface area contributed by atoms with Crippen LogP contribution in [-0.2, 0) is 4.79 Å².